The van der Waals surface area contributed by atoms with Gasteiger partial charge < -0.3 is 9.80 Å². The minimum absolute atomic E-state index is 0.226. The van der Waals surface area contributed by atoms with Crippen molar-refractivity contribution in [2.75, 3.05) is 9.80 Å². The lowest BCUT2D eigenvalue weighted by molar-refractivity contribution is -0.00856. The Morgan fingerprint density at radius 3 is 0.750 bits per heavy atom. The first-order valence-corrected chi connectivity index (χ1v) is 50.5. The van der Waals surface area contributed by atoms with Crippen molar-refractivity contribution in [1.82, 2.24) is 0 Å². The molecular weight excluding hydrogens is 1490 g/mol. The van der Waals surface area contributed by atoms with Gasteiger partial charge in [-0.3, -0.25) is 0 Å². The molecule has 0 saturated heterocycles. The Hall–Kier alpha value is -9.50. The standard InChI is InChI=1S/C122H120N2/c1-3-11-85(12-4-1)91-19-9-21-93(47-91)117-109-33-31-104(124(106-51-97-29-25-89-17-8-18-90-26-30-98(52-106)116(97)114(89)90)108-57-101(121-67-79-41-80(68-121)43-81(42-79)69-121)54-102(58-108)122-70-82-44-83(71-122)46-84(45-82)72-122)60-112(109)118(94-22-10-20-92(48-94)86-13-5-2-6-14-86)110-34-32-103(59-111(110)117)123(105-49-95-27-23-87-15-7-16-88-24-28-96(50-105)115(95)113(87)88)107-55-99(119-61-73-35-74(62-119)37-75(36-73)63-119)53-100(56-107)120-64-76-38-77(65-120)40-78(39-76)66-120/h7-10,15-34,47-60,73-86H,1-6,11-14,35-46,61-72H2. The van der Waals surface area contributed by atoms with Crippen LogP contribution < -0.4 is 9.80 Å². The quantitative estimate of drug-likeness (QED) is 0.0791. The second-order valence-electron chi connectivity index (χ2n) is 46.1. The highest BCUT2D eigenvalue weighted by atomic mass is 15.2. The zero-order chi connectivity index (χ0) is 80.6. The molecule has 618 valence electrons. The van der Waals surface area contributed by atoms with Crippen LogP contribution in [0.15, 0.2) is 231 Å². The molecule has 0 heterocycles. The van der Waals surface area contributed by atoms with Gasteiger partial charge in [0.1, 0.15) is 0 Å². The highest BCUT2D eigenvalue weighted by Gasteiger charge is 2.57. The number of fused-ring (bicyclic) bond motifs is 2. The highest BCUT2D eigenvalue weighted by Crippen LogP contribution is 2.68. The van der Waals surface area contributed by atoms with Crippen LogP contribution in [-0.4, -0.2) is 0 Å². The summed E-state index contributed by atoms with van der Waals surface area (Å²) in [5, 5.41) is 21.7. The lowest BCUT2D eigenvalue weighted by atomic mass is 9.46. The molecule has 124 heavy (non-hydrogen) atoms. The Balaban J connectivity index is 0.707. The van der Waals surface area contributed by atoms with Gasteiger partial charge in [0.05, 0.1) is 0 Å². The average molecular weight is 1610 g/mol. The first-order valence-electron chi connectivity index (χ1n) is 50.5. The molecule has 16 bridgehead atoms. The van der Waals surface area contributed by atoms with E-state index in [4.69, 9.17) is 0 Å². The summed E-state index contributed by atoms with van der Waals surface area (Å²) < 4.78 is 0. The van der Waals surface area contributed by atoms with Gasteiger partial charge in [0.15, 0.2) is 0 Å². The lowest BCUT2D eigenvalue weighted by Crippen LogP contribution is -2.50. The van der Waals surface area contributed by atoms with E-state index in [9.17, 15) is 0 Å². The maximum absolute atomic E-state index is 2.93. The molecule has 15 aromatic carbocycles. The summed E-state index contributed by atoms with van der Waals surface area (Å²) in [7, 11) is 0. The first-order chi connectivity index (χ1) is 61.0. The molecule has 0 amide bonds. The second-order valence-corrected chi connectivity index (χ2v) is 46.1. The van der Waals surface area contributed by atoms with E-state index in [1.165, 1.54) is 372 Å². The molecule has 18 saturated carbocycles. The number of anilines is 6. The molecule has 0 aromatic heterocycles. The minimum Gasteiger partial charge on any atom is -0.310 e. The Morgan fingerprint density at radius 1 is 0.202 bits per heavy atom. The molecule has 0 aliphatic heterocycles. The normalized spacial score (nSPS) is 31.5. The van der Waals surface area contributed by atoms with Gasteiger partial charge >= 0.3 is 0 Å². The fourth-order valence-corrected chi connectivity index (χ4v) is 35.1. The second kappa shape index (κ2) is 27.0. The van der Waals surface area contributed by atoms with E-state index in [0.717, 1.165) is 71.0 Å². The SMILES string of the molecule is c1cc(-c2c3ccc(N(c4cc(C56CC7CC(CC(C7)C5)C6)cc(C56CC7CC(CC(C7)C5)C6)c4)c4cc5ccc6cccc7ccc(c4)c5c67)cc3c(-c3cccc(C4CCCCC4)c3)c3ccc(N(c4cc(C56CC7CC(CC(C7)C5)C6)cc(C56CC7CC(CC(C7)C5)C6)c4)c4cc5ccc6cccc7ccc(c4)c5c67)cc23)cc(C2CCCCC2)c1. The molecular formula is C122H120N2. The van der Waals surface area contributed by atoms with Gasteiger partial charge in [-0.15, -0.1) is 0 Å². The number of hydrogen-bond acceptors (Lipinski definition) is 2. The van der Waals surface area contributed by atoms with Gasteiger partial charge in [0, 0.05) is 34.1 Å². The van der Waals surface area contributed by atoms with Crippen molar-refractivity contribution in [3.05, 3.63) is 264 Å². The van der Waals surface area contributed by atoms with E-state index in [1.54, 1.807) is 22.3 Å². The molecule has 18 aliphatic carbocycles. The fourth-order valence-electron chi connectivity index (χ4n) is 35.1. The van der Waals surface area contributed by atoms with Crippen LogP contribution in [0.3, 0.4) is 0 Å². The van der Waals surface area contributed by atoms with Crippen molar-refractivity contribution in [3.8, 4) is 22.3 Å². The molecule has 2 nitrogen and oxygen atoms in total. The Bertz CT molecular complexity index is 6100. The van der Waals surface area contributed by atoms with Crippen molar-refractivity contribution in [2.24, 2.45) is 71.0 Å². The predicted octanol–water partition coefficient (Wildman–Crippen LogP) is 34.0. The lowest BCUT2D eigenvalue weighted by Gasteiger charge is -2.58. The summed E-state index contributed by atoms with van der Waals surface area (Å²) in [4.78, 5) is 5.73. The fraction of sp³-hybridized carbons (Fsp3) is 0.426. The van der Waals surface area contributed by atoms with Crippen LogP contribution in [-0.2, 0) is 21.7 Å². The molecule has 15 aromatic rings. The summed E-state index contributed by atoms with van der Waals surface area (Å²) in [5.74, 6) is 11.4. The van der Waals surface area contributed by atoms with Crippen LogP contribution in [0.4, 0.5) is 34.1 Å². The minimum atomic E-state index is 0.226. The van der Waals surface area contributed by atoms with E-state index >= 15 is 0 Å². The van der Waals surface area contributed by atoms with E-state index < -0.39 is 0 Å². The maximum atomic E-state index is 2.93. The Morgan fingerprint density at radius 2 is 0.460 bits per heavy atom. The number of hydrogen-bond donors (Lipinski definition) is 0. The molecule has 0 atom stereocenters. The summed E-state index contributed by atoms with van der Waals surface area (Å²) in [6.45, 7) is 0. The van der Waals surface area contributed by atoms with Gasteiger partial charge in [0.2, 0.25) is 0 Å². The van der Waals surface area contributed by atoms with E-state index in [-0.39, 0.29) is 21.7 Å². The third-order valence-corrected chi connectivity index (χ3v) is 38.5. The van der Waals surface area contributed by atoms with Crippen molar-refractivity contribution < 1.29 is 0 Å². The Labute approximate surface area is 734 Å². The highest BCUT2D eigenvalue weighted by molar-refractivity contribution is 6.27. The molecule has 0 N–H and O–H groups in total. The van der Waals surface area contributed by atoms with E-state index in [1.807, 2.05) is 0 Å². The van der Waals surface area contributed by atoms with Crippen LogP contribution in [0, 0.1) is 71.0 Å². The molecule has 33 rings (SSSR count). The van der Waals surface area contributed by atoms with Gasteiger partial charge in [-0.1, -0.05) is 196 Å². The Kier molecular flexibility index (Phi) is 15.8. The smallest absolute Gasteiger partial charge is 0.0473 e. The maximum Gasteiger partial charge on any atom is 0.0473 e. The molecule has 0 radical (unpaired) electrons. The van der Waals surface area contributed by atoms with Gasteiger partial charge in [-0.2, -0.15) is 0 Å². The van der Waals surface area contributed by atoms with Gasteiger partial charge in [-0.05, 0) is 499 Å². The van der Waals surface area contributed by atoms with Gasteiger partial charge in [-0.25, -0.2) is 0 Å². The largest absolute Gasteiger partial charge is 0.310 e. The molecule has 0 unspecified atom stereocenters. The van der Waals surface area contributed by atoms with Crippen molar-refractivity contribution in [2.45, 2.75) is 252 Å². The van der Waals surface area contributed by atoms with Crippen LogP contribution >= 0.6 is 0 Å². The summed E-state index contributed by atoms with van der Waals surface area (Å²) >= 11 is 0. The zero-order valence-corrected chi connectivity index (χ0v) is 73.0. The van der Waals surface area contributed by atoms with Crippen LogP contribution in [0.1, 0.15) is 264 Å². The van der Waals surface area contributed by atoms with Gasteiger partial charge in [0.25, 0.3) is 0 Å². The third kappa shape index (κ3) is 11.3. The number of rotatable bonds is 14. The first kappa shape index (κ1) is 72.6. The van der Waals surface area contributed by atoms with Crippen LogP contribution in [0.2, 0.25) is 0 Å². The van der Waals surface area contributed by atoms with Crippen molar-refractivity contribution in [1.29, 1.82) is 0 Å². The summed E-state index contributed by atoms with van der Waals surface area (Å²) in [5.41, 5.74) is 24.1. The number of benzene rings is 15. The predicted molar refractivity (Wildman–Crippen MR) is 520 cm³/mol. The molecule has 18 fully saturated rings. The monoisotopic (exact) mass is 1610 g/mol. The van der Waals surface area contributed by atoms with Crippen LogP contribution in [0.5, 0.6) is 0 Å². The molecule has 18 aliphatic rings. The molecule has 0 spiro atoms. The zero-order valence-electron chi connectivity index (χ0n) is 73.0. The van der Waals surface area contributed by atoms with Crippen LogP contribution in [0.25, 0.3) is 108 Å². The topological polar surface area (TPSA) is 6.48 Å². The third-order valence-electron chi connectivity index (χ3n) is 38.5. The molecule has 2 heteroatoms. The van der Waals surface area contributed by atoms with Crippen molar-refractivity contribution >= 4 is 120 Å². The average Bonchev–Trinajstić information content (AvgIpc) is 0.710. The van der Waals surface area contributed by atoms with E-state index in [0.29, 0.717) is 11.8 Å². The summed E-state index contributed by atoms with van der Waals surface area (Å²) in [6, 6.07) is 98.0. The van der Waals surface area contributed by atoms with Crippen molar-refractivity contribution in [3.63, 3.8) is 0 Å². The van der Waals surface area contributed by atoms with E-state index in [2.05, 4.69) is 240 Å². The number of nitrogens with zero attached hydrogens (tertiary/aromatic N) is 2. The summed E-state index contributed by atoms with van der Waals surface area (Å²) in [6.07, 6.45) is 47.0.